The van der Waals surface area contributed by atoms with Gasteiger partial charge in [0.1, 0.15) is 11.9 Å². The number of amidine groups is 1. The van der Waals surface area contributed by atoms with Crippen molar-refractivity contribution in [3.05, 3.63) is 64.7 Å². The Morgan fingerprint density at radius 1 is 1.19 bits per heavy atom. The standard InChI is InChI=1S/C22H25ClN4O4S/c1-15(25-21-17-7-3-5-9-20(17)32(29,30)26-21)22(28)24-14-19(27-10-12-31-13-11-27)16-6-2-4-8-18(16)23/h2-9,15,19H,10-14H2,1H3,(H,24,28)(H,25,26)/t15-,19?/m0/s1. The number of sulfonamides is 1. The molecule has 2 aromatic carbocycles. The topological polar surface area (TPSA) is 100 Å². The number of carbonyl (C=O) groups is 1. The molecule has 32 heavy (non-hydrogen) atoms. The number of hydrogen-bond donors (Lipinski definition) is 2. The third kappa shape index (κ3) is 4.80. The fourth-order valence-electron chi connectivity index (χ4n) is 3.90. The number of hydrogen-bond acceptors (Lipinski definition) is 6. The molecule has 0 radical (unpaired) electrons. The number of halogens is 1. The smallest absolute Gasteiger partial charge is 0.263 e. The summed E-state index contributed by atoms with van der Waals surface area (Å²) >= 11 is 6.45. The first kappa shape index (κ1) is 22.7. The number of carbonyl (C=O) groups excluding carboxylic acids is 1. The van der Waals surface area contributed by atoms with Crippen LogP contribution in [0.4, 0.5) is 0 Å². The van der Waals surface area contributed by atoms with Crippen LogP contribution >= 0.6 is 11.6 Å². The Morgan fingerprint density at radius 2 is 1.88 bits per heavy atom. The molecule has 170 valence electrons. The van der Waals surface area contributed by atoms with Gasteiger partial charge < -0.3 is 10.1 Å². The molecule has 0 aliphatic carbocycles. The second kappa shape index (κ2) is 9.58. The minimum absolute atomic E-state index is 0.109. The quantitative estimate of drug-likeness (QED) is 0.663. The van der Waals surface area contributed by atoms with Gasteiger partial charge in [-0.3, -0.25) is 19.4 Å². The van der Waals surface area contributed by atoms with E-state index < -0.39 is 16.1 Å². The largest absolute Gasteiger partial charge is 0.379 e. The van der Waals surface area contributed by atoms with Crippen molar-refractivity contribution in [2.24, 2.45) is 4.99 Å². The molecule has 2 aromatic rings. The van der Waals surface area contributed by atoms with Crippen molar-refractivity contribution >= 4 is 33.4 Å². The van der Waals surface area contributed by atoms with E-state index in [-0.39, 0.29) is 22.7 Å². The molecule has 1 amide bonds. The van der Waals surface area contributed by atoms with E-state index in [1.54, 1.807) is 25.1 Å². The first-order valence-electron chi connectivity index (χ1n) is 10.4. The van der Waals surface area contributed by atoms with Gasteiger partial charge in [0, 0.05) is 30.2 Å². The summed E-state index contributed by atoms with van der Waals surface area (Å²) in [6.45, 7) is 4.71. The number of aliphatic imine (C=N–C) groups is 1. The van der Waals surface area contributed by atoms with E-state index in [2.05, 4.69) is 19.9 Å². The monoisotopic (exact) mass is 476 g/mol. The normalized spacial score (nSPS) is 20.9. The molecular weight excluding hydrogens is 452 g/mol. The van der Waals surface area contributed by atoms with Crippen molar-refractivity contribution in [2.45, 2.75) is 23.9 Å². The Bertz CT molecular complexity index is 1130. The van der Waals surface area contributed by atoms with E-state index in [0.717, 1.165) is 18.7 Å². The van der Waals surface area contributed by atoms with Gasteiger partial charge >= 0.3 is 0 Å². The Labute approximate surface area is 192 Å². The fourth-order valence-corrected chi connectivity index (χ4v) is 5.40. The summed E-state index contributed by atoms with van der Waals surface area (Å²) in [5.74, 6) is -0.120. The van der Waals surface area contributed by atoms with Gasteiger partial charge in [-0.1, -0.05) is 41.9 Å². The number of morpholine rings is 1. The fraction of sp³-hybridized carbons (Fsp3) is 0.364. The second-order valence-electron chi connectivity index (χ2n) is 7.69. The lowest BCUT2D eigenvalue weighted by molar-refractivity contribution is -0.122. The van der Waals surface area contributed by atoms with Gasteiger partial charge in [-0.25, -0.2) is 8.42 Å². The van der Waals surface area contributed by atoms with Crippen molar-refractivity contribution in [3.63, 3.8) is 0 Å². The van der Waals surface area contributed by atoms with E-state index in [4.69, 9.17) is 16.3 Å². The number of amides is 1. The van der Waals surface area contributed by atoms with Gasteiger partial charge in [0.15, 0.2) is 0 Å². The summed E-state index contributed by atoms with van der Waals surface area (Å²) in [5, 5.41) is 3.60. The zero-order valence-corrected chi connectivity index (χ0v) is 19.2. The minimum Gasteiger partial charge on any atom is -0.379 e. The van der Waals surface area contributed by atoms with Gasteiger partial charge in [0.05, 0.1) is 24.2 Å². The lowest BCUT2D eigenvalue weighted by Crippen LogP contribution is -2.45. The van der Waals surface area contributed by atoms with Crippen molar-refractivity contribution in [3.8, 4) is 0 Å². The van der Waals surface area contributed by atoms with E-state index in [1.807, 2.05) is 24.3 Å². The molecule has 2 aliphatic heterocycles. The Balaban J connectivity index is 1.49. The van der Waals surface area contributed by atoms with Crippen LogP contribution in [0.5, 0.6) is 0 Å². The van der Waals surface area contributed by atoms with E-state index in [9.17, 15) is 13.2 Å². The molecule has 0 bridgehead atoms. The summed E-state index contributed by atoms with van der Waals surface area (Å²) < 4.78 is 32.4. The molecule has 0 saturated carbocycles. The first-order valence-corrected chi connectivity index (χ1v) is 12.3. The molecule has 4 rings (SSSR count). The number of rotatable bonds is 6. The molecule has 2 aliphatic rings. The van der Waals surface area contributed by atoms with Gasteiger partial charge in [-0.05, 0) is 30.7 Å². The Hall–Kier alpha value is -2.46. The number of ether oxygens (including phenoxy) is 1. The molecule has 8 nitrogen and oxygen atoms in total. The summed E-state index contributed by atoms with van der Waals surface area (Å²) in [6, 6.07) is 13.3. The van der Waals surface area contributed by atoms with Crippen molar-refractivity contribution in [1.82, 2.24) is 14.9 Å². The SMILES string of the molecule is C[C@H](N=C1NS(=O)(=O)c2ccccc21)C(=O)NCC(c1ccccc1Cl)N1CCOCC1. The number of benzene rings is 2. The summed E-state index contributed by atoms with van der Waals surface area (Å²) in [4.78, 5) is 19.6. The average Bonchev–Trinajstić information content (AvgIpc) is 3.05. The number of fused-ring (bicyclic) bond motifs is 1. The Morgan fingerprint density at radius 3 is 2.62 bits per heavy atom. The van der Waals surface area contributed by atoms with Crippen LogP contribution < -0.4 is 10.0 Å². The van der Waals surface area contributed by atoms with E-state index in [1.165, 1.54) is 6.07 Å². The molecule has 0 aromatic heterocycles. The van der Waals surface area contributed by atoms with E-state index >= 15 is 0 Å². The lowest BCUT2D eigenvalue weighted by atomic mass is 10.0. The highest BCUT2D eigenvalue weighted by Crippen LogP contribution is 2.28. The van der Waals surface area contributed by atoms with Crippen LogP contribution in [-0.2, 0) is 19.6 Å². The predicted molar refractivity (Wildman–Crippen MR) is 122 cm³/mol. The lowest BCUT2D eigenvalue weighted by Gasteiger charge is -2.35. The van der Waals surface area contributed by atoms with Crippen LogP contribution in [0.1, 0.15) is 24.1 Å². The molecule has 1 unspecified atom stereocenters. The number of nitrogens with one attached hydrogen (secondary N) is 2. The minimum atomic E-state index is -3.65. The van der Waals surface area contributed by atoms with Gasteiger partial charge in [-0.15, -0.1) is 0 Å². The third-order valence-corrected chi connectivity index (χ3v) is 7.33. The number of nitrogens with zero attached hydrogens (tertiary/aromatic N) is 2. The zero-order valence-electron chi connectivity index (χ0n) is 17.6. The summed E-state index contributed by atoms with van der Waals surface area (Å²) in [6.07, 6.45) is 0. The molecule has 1 saturated heterocycles. The van der Waals surface area contributed by atoms with Crippen LogP contribution in [0.3, 0.4) is 0 Å². The highest BCUT2D eigenvalue weighted by Gasteiger charge is 2.31. The molecule has 2 atom stereocenters. The van der Waals surface area contributed by atoms with Crippen LogP contribution in [0, 0.1) is 0 Å². The Kier molecular flexibility index (Phi) is 6.80. The molecule has 2 heterocycles. The van der Waals surface area contributed by atoms with Crippen LogP contribution in [0.2, 0.25) is 5.02 Å². The molecule has 10 heteroatoms. The van der Waals surface area contributed by atoms with Crippen molar-refractivity contribution < 1.29 is 17.9 Å². The maximum Gasteiger partial charge on any atom is 0.263 e. The van der Waals surface area contributed by atoms with Crippen molar-refractivity contribution in [2.75, 3.05) is 32.8 Å². The zero-order chi connectivity index (χ0) is 22.7. The molecule has 2 N–H and O–H groups in total. The van der Waals surface area contributed by atoms with Gasteiger partial charge in [-0.2, -0.15) is 0 Å². The maximum absolute atomic E-state index is 12.8. The van der Waals surface area contributed by atoms with Crippen molar-refractivity contribution in [1.29, 1.82) is 0 Å². The van der Waals surface area contributed by atoms with Gasteiger partial charge in [0.2, 0.25) is 5.91 Å². The first-order chi connectivity index (χ1) is 15.4. The highest BCUT2D eigenvalue weighted by atomic mass is 35.5. The summed E-state index contributed by atoms with van der Waals surface area (Å²) in [7, 11) is -3.65. The third-order valence-electron chi connectivity index (χ3n) is 5.59. The van der Waals surface area contributed by atoms with Crippen LogP contribution in [0.25, 0.3) is 0 Å². The molecule has 1 fully saturated rings. The predicted octanol–water partition coefficient (Wildman–Crippen LogP) is 1.96. The molecular formula is C22H25ClN4O4S. The average molecular weight is 477 g/mol. The highest BCUT2D eigenvalue weighted by molar-refractivity contribution is 7.90. The van der Waals surface area contributed by atoms with Gasteiger partial charge in [0.25, 0.3) is 10.0 Å². The van der Waals surface area contributed by atoms with Crippen LogP contribution in [0.15, 0.2) is 58.4 Å². The van der Waals surface area contributed by atoms with E-state index in [0.29, 0.717) is 30.3 Å². The maximum atomic E-state index is 12.8. The second-order valence-corrected chi connectivity index (χ2v) is 9.74. The van der Waals surface area contributed by atoms with Crippen LogP contribution in [-0.4, -0.2) is 64.0 Å². The molecule has 0 spiro atoms. The summed E-state index contributed by atoms with van der Waals surface area (Å²) in [5.41, 5.74) is 1.40.